The minimum atomic E-state index is 0.0608. The zero-order valence-corrected chi connectivity index (χ0v) is 36.2. The second kappa shape index (κ2) is 13.1. The Balaban J connectivity index is 2.18. The molecule has 0 spiro atoms. The van der Waals surface area contributed by atoms with Crippen LogP contribution in [0.3, 0.4) is 0 Å². The molecule has 1 aliphatic rings. The van der Waals surface area contributed by atoms with Crippen LogP contribution in [0.2, 0.25) is 0 Å². The lowest BCUT2D eigenvalue weighted by molar-refractivity contribution is 0.575. The van der Waals surface area contributed by atoms with Crippen molar-refractivity contribution in [3.8, 4) is 0 Å². The van der Waals surface area contributed by atoms with E-state index in [1.807, 2.05) is 0 Å². The van der Waals surface area contributed by atoms with E-state index in [0.717, 1.165) is 0 Å². The maximum absolute atomic E-state index is 2.38. The van der Waals surface area contributed by atoms with Crippen LogP contribution in [0.1, 0.15) is 158 Å². The number of hydrogen-bond acceptors (Lipinski definition) is 0. The zero-order valence-electron chi connectivity index (χ0n) is 33.5. The van der Waals surface area contributed by atoms with Gasteiger partial charge in [0.15, 0.2) is 0 Å². The molecular formula is C45H63P3. The standard InChI is InChI=1S/C45H63P3/c1-40(2,3)28-22-19-23-29(41(4,5)6)34(28)46-37-38(47-35-30(42(7,8)9)24-20-25-31(35)43(10,11)12)39(37)48-36-32(44(13,14)15)26-21-27-33(36)45(16,17)18/h19-27H,1-18H3. The quantitative estimate of drug-likeness (QED) is 0.239. The minimum absolute atomic E-state index is 0.0608. The monoisotopic (exact) mass is 696 g/mol. The average molecular weight is 697 g/mol. The zero-order chi connectivity index (χ0) is 36.4. The molecular weight excluding hydrogens is 633 g/mol. The molecule has 3 aromatic carbocycles. The molecule has 0 nitrogen and oxygen atoms in total. The molecule has 1 fully saturated rings. The lowest BCUT2D eigenvalue weighted by Crippen LogP contribution is -2.27. The van der Waals surface area contributed by atoms with E-state index in [0.29, 0.717) is 0 Å². The third kappa shape index (κ3) is 8.54. The van der Waals surface area contributed by atoms with Gasteiger partial charge >= 0.3 is 0 Å². The Morgan fingerprint density at radius 1 is 0.271 bits per heavy atom. The fourth-order valence-corrected chi connectivity index (χ4v) is 12.6. The summed E-state index contributed by atoms with van der Waals surface area (Å²) in [5, 5.41) is 9.16. The Bertz CT molecular complexity index is 1460. The van der Waals surface area contributed by atoms with Crippen LogP contribution < -0.4 is 15.9 Å². The lowest BCUT2D eigenvalue weighted by atomic mass is 9.80. The van der Waals surface area contributed by atoms with Crippen LogP contribution in [0.15, 0.2) is 54.6 Å². The molecule has 0 aliphatic heterocycles. The summed E-state index contributed by atoms with van der Waals surface area (Å²) in [6, 6.07) is 21.2. The first-order valence-electron chi connectivity index (χ1n) is 17.8. The fraction of sp³-hybridized carbons (Fsp3) is 0.533. The van der Waals surface area contributed by atoms with Gasteiger partial charge in [0, 0.05) is 31.8 Å². The van der Waals surface area contributed by atoms with Crippen molar-refractivity contribution in [2.45, 2.75) is 157 Å². The average Bonchev–Trinajstić information content (AvgIpc) is 3.53. The molecule has 0 saturated heterocycles. The SMILES string of the molecule is CC(C)(C)c1cccc(C(C)(C)C)c1P=C1C(=Pc2c(C(C)(C)C)cccc2C(C)(C)C)C1=Pc1c(C(C)(C)C)cccc1C(C)(C)C. The number of benzene rings is 3. The highest BCUT2D eigenvalue weighted by Gasteiger charge is 2.38. The lowest BCUT2D eigenvalue weighted by Gasteiger charge is -2.28. The van der Waals surface area contributed by atoms with E-state index in [1.54, 1.807) is 15.9 Å². The molecule has 48 heavy (non-hydrogen) atoms. The number of rotatable bonds is 3. The van der Waals surface area contributed by atoms with Gasteiger partial charge in [0.2, 0.25) is 0 Å². The molecule has 3 heteroatoms. The van der Waals surface area contributed by atoms with E-state index < -0.39 is 0 Å². The highest BCUT2D eigenvalue weighted by molar-refractivity contribution is 7.83. The van der Waals surface area contributed by atoms with Crippen molar-refractivity contribution >= 4 is 56.4 Å². The van der Waals surface area contributed by atoms with Gasteiger partial charge in [-0.1, -0.05) is 204 Å². The predicted molar refractivity (Wildman–Crippen MR) is 226 cm³/mol. The van der Waals surface area contributed by atoms with Crippen LogP contribution in [0.25, 0.3) is 0 Å². The largest absolute Gasteiger partial charge is 0.0616 e. The molecule has 1 aliphatic carbocycles. The van der Waals surface area contributed by atoms with Gasteiger partial charge in [-0.2, -0.15) is 0 Å². The molecule has 0 unspecified atom stereocenters. The normalized spacial score (nSPS) is 15.2. The van der Waals surface area contributed by atoms with E-state index in [-0.39, 0.29) is 32.5 Å². The van der Waals surface area contributed by atoms with Crippen molar-refractivity contribution < 1.29 is 0 Å². The van der Waals surface area contributed by atoms with Gasteiger partial charge in [-0.15, -0.1) is 0 Å². The summed E-state index contributed by atoms with van der Waals surface area (Å²) in [6.07, 6.45) is 0. The van der Waals surface area contributed by atoms with Crippen molar-refractivity contribution in [3.05, 3.63) is 88.0 Å². The van der Waals surface area contributed by atoms with E-state index in [4.69, 9.17) is 0 Å². The minimum Gasteiger partial charge on any atom is -0.0616 e. The summed E-state index contributed by atoms with van der Waals surface area (Å²) >= 11 is 0. The van der Waals surface area contributed by atoms with E-state index in [1.165, 1.54) is 73.9 Å². The Kier molecular flexibility index (Phi) is 10.6. The van der Waals surface area contributed by atoms with Gasteiger partial charge in [-0.05, 0) is 65.9 Å². The van der Waals surface area contributed by atoms with Crippen molar-refractivity contribution in [1.82, 2.24) is 0 Å². The summed E-state index contributed by atoms with van der Waals surface area (Å²) in [6.45, 7) is 42.8. The van der Waals surface area contributed by atoms with Crippen molar-refractivity contribution in [1.29, 1.82) is 0 Å². The van der Waals surface area contributed by atoms with Crippen LogP contribution in [0.4, 0.5) is 0 Å². The second-order valence-corrected chi connectivity index (χ2v) is 23.3. The highest BCUT2D eigenvalue weighted by atomic mass is 31.1. The maximum atomic E-state index is 2.38. The van der Waals surface area contributed by atoms with Crippen molar-refractivity contribution in [2.75, 3.05) is 0 Å². The van der Waals surface area contributed by atoms with Gasteiger partial charge in [-0.25, -0.2) is 0 Å². The summed E-state index contributed by atoms with van der Waals surface area (Å²) < 4.78 is 0. The molecule has 258 valence electrons. The third-order valence-electron chi connectivity index (χ3n) is 9.24. The topological polar surface area (TPSA) is 0 Å². The summed E-state index contributed by atoms with van der Waals surface area (Å²) in [4.78, 5) is 0. The second-order valence-electron chi connectivity index (χ2n) is 20.0. The molecule has 0 atom stereocenters. The van der Waals surface area contributed by atoms with Gasteiger partial charge in [0.1, 0.15) is 0 Å². The van der Waals surface area contributed by atoms with Crippen LogP contribution in [0, 0.1) is 0 Å². The maximum Gasteiger partial charge on any atom is 0.0281 e. The fourth-order valence-electron chi connectivity index (χ4n) is 6.44. The molecule has 0 aromatic heterocycles. The Morgan fingerprint density at radius 2 is 0.417 bits per heavy atom. The first kappa shape index (κ1) is 39.0. The van der Waals surface area contributed by atoms with Crippen molar-refractivity contribution in [2.24, 2.45) is 0 Å². The van der Waals surface area contributed by atoms with E-state index in [2.05, 4.69) is 179 Å². The summed E-state index contributed by atoms with van der Waals surface area (Å²) in [5.41, 5.74) is 9.19. The first-order chi connectivity index (χ1) is 21.6. The summed E-state index contributed by atoms with van der Waals surface area (Å²) in [7, 11) is 4.04. The predicted octanol–water partition coefficient (Wildman–Crippen LogP) is 12.1. The van der Waals surface area contributed by atoms with E-state index in [9.17, 15) is 0 Å². The number of hydrogen-bond donors (Lipinski definition) is 0. The van der Waals surface area contributed by atoms with Gasteiger partial charge < -0.3 is 0 Å². The van der Waals surface area contributed by atoms with Gasteiger partial charge in [-0.3, -0.25) is 0 Å². The summed E-state index contributed by atoms with van der Waals surface area (Å²) in [5.74, 6) is 0. The van der Waals surface area contributed by atoms with Crippen LogP contribution in [-0.2, 0) is 32.5 Å². The Morgan fingerprint density at radius 3 is 0.542 bits per heavy atom. The molecule has 0 heterocycles. The van der Waals surface area contributed by atoms with Crippen LogP contribution in [-0.4, -0.2) is 15.9 Å². The molecule has 0 N–H and O–H groups in total. The van der Waals surface area contributed by atoms with Crippen LogP contribution in [0.5, 0.6) is 0 Å². The molecule has 0 radical (unpaired) electrons. The molecule has 1 saturated carbocycles. The Hall–Kier alpha value is -1.83. The molecule has 4 rings (SSSR count). The van der Waals surface area contributed by atoms with Crippen molar-refractivity contribution in [3.63, 3.8) is 0 Å². The highest BCUT2D eigenvalue weighted by Crippen LogP contribution is 2.39. The Labute approximate surface area is 300 Å². The van der Waals surface area contributed by atoms with Gasteiger partial charge in [0.05, 0.1) is 0 Å². The van der Waals surface area contributed by atoms with Crippen LogP contribution >= 0.6 is 24.6 Å². The molecule has 0 amide bonds. The van der Waals surface area contributed by atoms with Gasteiger partial charge in [0.25, 0.3) is 0 Å². The molecule has 0 bridgehead atoms. The smallest absolute Gasteiger partial charge is 0.0281 e. The third-order valence-corrected chi connectivity index (χ3v) is 13.9. The first-order valence-corrected chi connectivity index (χ1v) is 20.5. The molecule has 3 aromatic rings. The van der Waals surface area contributed by atoms with E-state index >= 15 is 0 Å².